The van der Waals surface area contributed by atoms with Gasteiger partial charge in [-0.05, 0) is 40.8 Å². The van der Waals surface area contributed by atoms with Crippen molar-refractivity contribution in [3.63, 3.8) is 0 Å². The van der Waals surface area contributed by atoms with Gasteiger partial charge in [-0.2, -0.15) is 0 Å². The fraction of sp³-hybridized carbons (Fsp3) is 0.130. The molecule has 1 fully saturated rings. The fourth-order valence-electron chi connectivity index (χ4n) is 3.57. The van der Waals surface area contributed by atoms with Crippen LogP contribution in [0.1, 0.15) is 23.1 Å². The minimum absolute atomic E-state index is 0.526. The van der Waals surface area contributed by atoms with E-state index in [4.69, 9.17) is 16.3 Å². The van der Waals surface area contributed by atoms with Crippen LogP contribution in [0.3, 0.4) is 0 Å². The van der Waals surface area contributed by atoms with Crippen molar-refractivity contribution in [2.75, 3.05) is 6.61 Å². The maximum absolute atomic E-state index is 6.43. The van der Waals surface area contributed by atoms with E-state index >= 15 is 0 Å². The number of benzene rings is 3. The van der Waals surface area contributed by atoms with Crippen LogP contribution in [-0.4, -0.2) is 6.61 Å². The second-order valence-electron chi connectivity index (χ2n) is 6.23. The van der Waals surface area contributed by atoms with E-state index in [9.17, 15) is 0 Å². The third kappa shape index (κ3) is 3.02. The van der Waals surface area contributed by atoms with E-state index < -0.39 is 5.60 Å². The molecule has 25 heavy (non-hydrogen) atoms. The average Bonchev–Trinajstić information content (AvgIpc) is 3.09. The van der Waals surface area contributed by atoms with Gasteiger partial charge in [0, 0.05) is 5.02 Å². The Morgan fingerprint density at radius 1 is 0.760 bits per heavy atom. The Kier molecular flexibility index (Phi) is 4.44. The van der Waals surface area contributed by atoms with Crippen LogP contribution in [0.15, 0.2) is 90.5 Å². The van der Waals surface area contributed by atoms with Crippen LogP contribution in [-0.2, 0) is 10.3 Å². The lowest BCUT2D eigenvalue weighted by atomic mass is 9.79. The molecule has 2 heteroatoms. The van der Waals surface area contributed by atoms with Gasteiger partial charge in [0.25, 0.3) is 0 Å². The molecule has 4 rings (SSSR count). The van der Waals surface area contributed by atoms with Crippen LogP contribution in [0.25, 0.3) is 6.08 Å². The maximum atomic E-state index is 6.43. The van der Waals surface area contributed by atoms with Crippen LogP contribution in [0.2, 0.25) is 5.02 Å². The molecule has 0 bridgehead atoms. The molecule has 124 valence electrons. The van der Waals surface area contributed by atoms with E-state index in [1.807, 2.05) is 24.3 Å². The van der Waals surface area contributed by atoms with Crippen molar-refractivity contribution in [2.24, 2.45) is 0 Å². The van der Waals surface area contributed by atoms with Crippen molar-refractivity contribution in [3.8, 4) is 0 Å². The predicted molar refractivity (Wildman–Crippen MR) is 104 cm³/mol. The summed E-state index contributed by atoms with van der Waals surface area (Å²) >= 11 is 6.03. The third-order valence-electron chi connectivity index (χ3n) is 4.71. The molecule has 0 aromatic heterocycles. The number of halogens is 1. The molecule has 0 radical (unpaired) electrons. The maximum Gasteiger partial charge on any atom is 0.140 e. The highest BCUT2D eigenvalue weighted by molar-refractivity contribution is 6.30. The Morgan fingerprint density at radius 3 is 1.88 bits per heavy atom. The van der Waals surface area contributed by atoms with Crippen LogP contribution < -0.4 is 0 Å². The molecular formula is C23H19ClO. The zero-order chi connectivity index (χ0) is 17.1. The summed E-state index contributed by atoms with van der Waals surface area (Å²) < 4.78 is 6.43. The summed E-state index contributed by atoms with van der Waals surface area (Å²) in [6.45, 7) is 0.712. The van der Waals surface area contributed by atoms with Gasteiger partial charge in [-0.25, -0.2) is 0 Å². The largest absolute Gasteiger partial charge is 0.361 e. The summed E-state index contributed by atoms with van der Waals surface area (Å²) in [6, 6.07) is 28.9. The molecule has 1 nitrogen and oxygen atoms in total. The number of rotatable bonds is 3. The second-order valence-corrected chi connectivity index (χ2v) is 6.67. The van der Waals surface area contributed by atoms with Gasteiger partial charge in [-0.1, -0.05) is 90.5 Å². The quantitative estimate of drug-likeness (QED) is 0.557. The summed E-state index contributed by atoms with van der Waals surface area (Å²) in [5.74, 6) is 0. The molecule has 3 aromatic carbocycles. The molecule has 0 aliphatic carbocycles. The first-order chi connectivity index (χ1) is 12.3. The topological polar surface area (TPSA) is 9.23 Å². The zero-order valence-electron chi connectivity index (χ0n) is 13.9. The molecule has 0 amide bonds. The molecule has 0 spiro atoms. The molecule has 0 saturated carbocycles. The van der Waals surface area contributed by atoms with Gasteiger partial charge >= 0.3 is 0 Å². The highest BCUT2D eigenvalue weighted by atomic mass is 35.5. The smallest absolute Gasteiger partial charge is 0.140 e. The Labute approximate surface area is 153 Å². The van der Waals surface area contributed by atoms with Gasteiger partial charge in [0.15, 0.2) is 0 Å². The predicted octanol–water partition coefficient (Wildman–Crippen LogP) is 6.09. The highest BCUT2D eigenvalue weighted by Crippen LogP contribution is 2.46. The standard InChI is InChI=1S/C23H19ClO/c24-22-13-11-18(12-14-22)17-21-15-16-25-23(21,19-7-3-1-4-8-19)20-9-5-2-6-10-20/h1-14,17H,15-16H2/b21-17+. The average molecular weight is 347 g/mol. The fourth-order valence-corrected chi connectivity index (χ4v) is 3.69. The van der Waals surface area contributed by atoms with E-state index in [0.717, 1.165) is 17.0 Å². The first-order valence-electron chi connectivity index (χ1n) is 8.51. The van der Waals surface area contributed by atoms with Crippen molar-refractivity contribution in [3.05, 3.63) is 112 Å². The summed E-state index contributed by atoms with van der Waals surface area (Å²) in [6.07, 6.45) is 3.15. The van der Waals surface area contributed by atoms with Crippen LogP contribution in [0.4, 0.5) is 0 Å². The van der Waals surface area contributed by atoms with Crippen LogP contribution >= 0.6 is 11.6 Å². The van der Waals surface area contributed by atoms with E-state index in [2.05, 4.69) is 66.7 Å². The summed E-state index contributed by atoms with van der Waals surface area (Å²) in [7, 11) is 0. The summed E-state index contributed by atoms with van der Waals surface area (Å²) in [4.78, 5) is 0. The minimum atomic E-state index is -0.526. The molecule has 1 aliphatic rings. The van der Waals surface area contributed by atoms with E-state index in [1.165, 1.54) is 16.7 Å². The number of hydrogen-bond donors (Lipinski definition) is 0. The molecule has 0 unspecified atom stereocenters. The molecule has 1 aliphatic heterocycles. The zero-order valence-corrected chi connectivity index (χ0v) is 14.6. The van der Waals surface area contributed by atoms with Crippen molar-refractivity contribution >= 4 is 17.7 Å². The molecule has 3 aromatic rings. The summed E-state index contributed by atoms with van der Waals surface area (Å²) in [5.41, 5.74) is 4.22. The molecule has 1 heterocycles. The number of hydrogen-bond acceptors (Lipinski definition) is 1. The lowest BCUT2D eigenvalue weighted by Gasteiger charge is -2.31. The van der Waals surface area contributed by atoms with Crippen molar-refractivity contribution in [1.82, 2.24) is 0 Å². The van der Waals surface area contributed by atoms with Gasteiger partial charge in [0.05, 0.1) is 6.61 Å². The highest BCUT2D eigenvalue weighted by Gasteiger charge is 2.42. The second kappa shape index (κ2) is 6.87. The van der Waals surface area contributed by atoms with Gasteiger partial charge in [-0.15, -0.1) is 0 Å². The Hall–Kier alpha value is -2.35. The van der Waals surface area contributed by atoms with E-state index in [1.54, 1.807) is 0 Å². The minimum Gasteiger partial charge on any atom is -0.361 e. The van der Waals surface area contributed by atoms with Crippen molar-refractivity contribution in [2.45, 2.75) is 12.0 Å². The molecule has 0 atom stereocenters. The Balaban J connectivity index is 1.89. The molecular weight excluding hydrogens is 328 g/mol. The Bertz CT molecular complexity index is 827. The normalized spacial score (nSPS) is 17.7. The Morgan fingerprint density at radius 2 is 1.32 bits per heavy atom. The SMILES string of the molecule is Clc1ccc(/C=C2\CCOC2(c2ccccc2)c2ccccc2)cc1. The summed E-state index contributed by atoms with van der Waals surface area (Å²) in [5, 5.41) is 0.752. The van der Waals surface area contributed by atoms with Gasteiger partial charge in [0.1, 0.15) is 5.60 Å². The third-order valence-corrected chi connectivity index (χ3v) is 4.97. The first kappa shape index (κ1) is 16.1. The molecule has 1 saturated heterocycles. The molecule has 0 N–H and O–H groups in total. The van der Waals surface area contributed by atoms with Gasteiger partial charge in [-0.3, -0.25) is 0 Å². The van der Waals surface area contributed by atoms with Gasteiger partial charge < -0.3 is 4.74 Å². The lowest BCUT2D eigenvalue weighted by Crippen LogP contribution is -2.28. The van der Waals surface area contributed by atoms with Crippen molar-refractivity contribution < 1.29 is 4.74 Å². The lowest BCUT2D eigenvalue weighted by molar-refractivity contribution is 0.0554. The number of ether oxygens (including phenoxy) is 1. The van der Waals surface area contributed by atoms with E-state index in [0.29, 0.717) is 6.61 Å². The van der Waals surface area contributed by atoms with E-state index in [-0.39, 0.29) is 0 Å². The van der Waals surface area contributed by atoms with Crippen LogP contribution in [0, 0.1) is 0 Å². The van der Waals surface area contributed by atoms with Gasteiger partial charge in [0.2, 0.25) is 0 Å². The van der Waals surface area contributed by atoms with Crippen LogP contribution in [0.5, 0.6) is 0 Å². The first-order valence-corrected chi connectivity index (χ1v) is 8.88. The van der Waals surface area contributed by atoms with Crippen molar-refractivity contribution in [1.29, 1.82) is 0 Å². The monoisotopic (exact) mass is 346 g/mol.